The van der Waals surface area contributed by atoms with Crippen molar-refractivity contribution in [3.63, 3.8) is 0 Å². The van der Waals surface area contributed by atoms with Crippen LogP contribution in [0.2, 0.25) is 0 Å². The van der Waals surface area contributed by atoms with E-state index in [2.05, 4.69) is 59.9 Å². The van der Waals surface area contributed by atoms with Crippen LogP contribution in [0.5, 0.6) is 0 Å². The van der Waals surface area contributed by atoms with Gasteiger partial charge in [-0.05, 0) is 30.9 Å². The summed E-state index contributed by atoms with van der Waals surface area (Å²) in [5.74, 6) is 0.305. The molecule has 0 N–H and O–H groups in total. The molecule has 1 aromatic carbocycles. The molecule has 1 unspecified atom stereocenters. The molecule has 27 heavy (non-hydrogen) atoms. The first-order chi connectivity index (χ1) is 13.2. The largest absolute Gasteiger partial charge is 0.294 e. The fraction of sp³-hybridized carbons (Fsp3) is 0.280. The van der Waals surface area contributed by atoms with Crippen LogP contribution in [-0.2, 0) is 17.8 Å². The summed E-state index contributed by atoms with van der Waals surface area (Å²) in [7, 11) is 0. The summed E-state index contributed by atoms with van der Waals surface area (Å²) in [6.07, 6.45) is 11.4. The molecule has 1 saturated carbocycles. The Morgan fingerprint density at radius 1 is 1.07 bits per heavy atom. The summed E-state index contributed by atoms with van der Waals surface area (Å²) in [5, 5.41) is 0. The van der Waals surface area contributed by atoms with Crippen LogP contribution in [0.3, 0.4) is 0 Å². The molecular formula is C25H30NO+. The third kappa shape index (κ3) is 5.37. The summed E-state index contributed by atoms with van der Waals surface area (Å²) < 4.78 is 2.16. The van der Waals surface area contributed by atoms with Crippen molar-refractivity contribution >= 4 is 5.78 Å². The Morgan fingerprint density at radius 2 is 1.74 bits per heavy atom. The number of nitrogens with zero attached hydrogens (tertiary/aromatic N) is 1. The molecule has 3 rings (SSSR count). The van der Waals surface area contributed by atoms with E-state index in [9.17, 15) is 4.79 Å². The standard InChI is InChI=1S/C23H24NO.C2H6/c1-3-8-20-16-21(23(25)22(20)4-2)15-18-11-13-24(14-12-18)17-19-9-6-5-7-10-19;1-2/h3-14,21H,1,15-17H2,2H3;1-2H3/q+1;/b20-8-,22-4+;. The van der Waals surface area contributed by atoms with Crippen molar-refractivity contribution in [1.82, 2.24) is 0 Å². The van der Waals surface area contributed by atoms with E-state index < -0.39 is 0 Å². The normalized spacial score (nSPS) is 19.1. The van der Waals surface area contributed by atoms with Crippen LogP contribution in [-0.4, -0.2) is 5.78 Å². The van der Waals surface area contributed by atoms with Crippen molar-refractivity contribution in [2.45, 2.75) is 40.2 Å². The lowest BCUT2D eigenvalue weighted by Gasteiger charge is -2.06. The third-order valence-electron chi connectivity index (χ3n) is 4.71. The van der Waals surface area contributed by atoms with Crippen molar-refractivity contribution in [2.75, 3.05) is 0 Å². The van der Waals surface area contributed by atoms with Crippen molar-refractivity contribution in [3.8, 4) is 0 Å². The highest BCUT2D eigenvalue weighted by Gasteiger charge is 2.32. The van der Waals surface area contributed by atoms with Crippen LogP contribution in [0.25, 0.3) is 0 Å². The zero-order valence-electron chi connectivity index (χ0n) is 16.7. The van der Waals surface area contributed by atoms with Gasteiger partial charge in [0.25, 0.3) is 0 Å². The molecule has 2 aromatic rings. The molecule has 0 bridgehead atoms. The van der Waals surface area contributed by atoms with E-state index in [1.54, 1.807) is 6.08 Å². The highest BCUT2D eigenvalue weighted by molar-refractivity contribution is 6.04. The highest BCUT2D eigenvalue weighted by Crippen LogP contribution is 2.34. The minimum Gasteiger partial charge on any atom is -0.294 e. The van der Waals surface area contributed by atoms with Gasteiger partial charge in [0.2, 0.25) is 0 Å². The molecule has 0 radical (unpaired) electrons. The number of pyridine rings is 1. The molecule has 1 aromatic heterocycles. The van der Waals surface area contributed by atoms with E-state index in [0.717, 1.165) is 30.5 Å². The molecule has 0 spiro atoms. The van der Waals surface area contributed by atoms with Crippen molar-refractivity contribution in [1.29, 1.82) is 0 Å². The summed E-state index contributed by atoms with van der Waals surface area (Å²) >= 11 is 0. The average molecular weight is 361 g/mol. The molecule has 2 nitrogen and oxygen atoms in total. The predicted molar refractivity (Wildman–Crippen MR) is 112 cm³/mol. The Hall–Kier alpha value is -2.74. The van der Waals surface area contributed by atoms with Crippen LogP contribution in [0.15, 0.2) is 90.8 Å². The highest BCUT2D eigenvalue weighted by atomic mass is 16.1. The maximum Gasteiger partial charge on any atom is 0.173 e. The first-order valence-electron chi connectivity index (χ1n) is 9.75. The van der Waals surface area contributed by atoms with Crippen molar-refractivity contribution in [2.24, 2.45) is 5.92 Å². The van der Waals surface area contributed by atoms with E-state index in [4.69, 9.17) is 0 Å². The lowest BCUT2D eigenvalue weighted by atomic mass is 9.97. The van der Waals surface area contributed by atoms with Gasteiger partial charge in [0.15, 0.2) is 24.7 Å². The second kappa shape index (κ2) is 10.4. The Morgan fingerprint density at radius 3 is 2.33 bits per heavy atom. The topological polar surface area (TPSA) is 20.9 Å². The monoisotopic (exact) mass is 360 g/mol. The van der Waals surface area contributed by atoms with E-state index in [1.165, 1.54) is 11.1 Å². The molecule has 2 heteroatoms. The Labute approximate surface area is 163 Å². The van der Waals surface area contributed by atoms with Crippen LogP contribution >= 0.6 is 0 Å². The quantitative estimate of drug-likeness (QED) is 0.528. The number of rotatable bonds is 5. The minimum atomic E-state index is 0.0439. The number of Topliss-reactive ketones (excluding diaryl/α,β-unsaturated/α-hetero) is 1. The maximum atomic E-state index is 12.6. The fourth-order valence-electron chi connectivity index (χ4n) is 3.45. The number of allylic oxidation sites excluding steroid dienone is 5. The van der Waals surface area contributed by atoms with Gasteiger partial charge in [0.05, 0.1) is 0 Å². The van der Waals surface area contributed by atoms with Crippen molar-refractivity contribution < 1.29 is 9.36 Å². The number of hydrogen-bond donors (Lipinski definition) is 0. The number of aromatic nitrogens is 1. The van der Waals surface area contributed by atoms with Gasteiger partial charge in [-0.3, -0.25) is 4.79 Å². The lowest BCUT2D eigenvalue weighted by molar-refractivity contribution is -0.688. The molecular weight excluding hydrogens is 330 g/mol. The van der Waals surface area contributed by atoms with Gasteiger partial charge in [-0.15, -0.1) is 0 Å². The summed E-state index contributed by atoms with van der Waals surface area (Å²) in [4.78, 5) is 12.6. The van der Waals surface area contributed by atoms with Gasteiger partial charge in [0, 0.05) is 29.2 Å². The van der Waals surface area contributed by atoms with Crippen LogP contribution < -0.4 is 4.57 Å². The predicted octanol–water partition coefficient (Wildman–Crippen LogP) is 5.24. The van der Waals surface area contributed by atoms with Gasteiger partial charge in [0.1, 0.15) is 0 Å². The number of carbonyl (C=O) groups is 1. The maximum absolute atomic E-state index is 12.6. The van der Waals surface area contributed by atoms with Gasteiger partial charge >= 0.3 is 0 Å². The van der Waals surface area contributed by atoms with Crippen LogP contribution in [0, 0.1) is 5.92 Å². The molecule has 0 amide bonds. The van der Waals surface area contributed by atoms with E-state index >= 15 is 0 Å². The van der Waals surface area contributed by atoms with Crippen LogP contribution in [0.1, 0.15) is 38.3 Å². The second-order valence-electron chi connectivity index (χ2n) is 6.46. The van der Waals surface area contributed by atoms with Crippen LogP contribution in [0.4, 0.5) is 0 Å². The Balaban J connectivity index is 0.00000126. The zero-order chi connectivity index (χ0) is 19.6. The van der Waals surface area contributed by atoms with Crippen molar-refractivity contribution in [3.05, 3.63) is 102 Å². The number of carbonyl (C=O) groups excluding carboxylic acids is 1. The second-order valence-corrected chi connectivity index (χ2v) is 6.46. The zero-order valence-corrected chi connectivity index (χ0v) is 16.7. The average Bonchev–Trinajstić information content (AvgIpc) is 3.00. The molecule has 0 saturated heterocycles. The van der Waals surface area contributed by atoms with E-state index in [-0.39, 0.29) is 11.7 Å². The SMILES string of the molecule is C=C/C=C1/CC(Cc2cc[n+](Cc3ccccc3)cc2)C(=O)/C1=C/C.CC. The molecule has 1 atom stereocenters. The molecule has 1 aliphatic carbocycles. The summed E-state index contributed by atoms with van der Waals surface area (Å²) in [6.45, 7) is 10.5. The Kier molecular flexibility index (Phi) is 7.94. The van der Waals surface area contributed by atoms with E-state index in [1.807, 2.05) is 39.0 Å². The first-order valence-corrected chi connectivity index (χ1v) is 9.75. The Bertz CT molecular complexity index is 813. The van der Waals surface area contributed by atoms with Gasteiger partial charge in [-0.2, -0.15) is 0 Å². The smallest absolute Gasteiger partial charge is 0.173 e. The number of benzene rings is 1. The van der Waals surface area contributed by atoms with E-state index in [0.29, 0.717) is 0 Å². The molecule has 1 aliphatic rings. The van der Waals surface area contributed by atoms with Gasteiger partial charge < -0.3 is 0 Å². The molecule has 1 fully saturated rings. The summed E-state index contributed by atoms with van der Waals surface area (Å²) in [6, 6.07) is 14.7. The van der Waals surface area contributed by atoms with Gasteiger partial charge in [-0.25, -0.2) is 4.57 Å². The minimum absolute atomic E-state index is 0.0439. The lowest BCUT2D eigenvalue weighted by Crippen LogP contribution is -2.33. The summed E-state index contributed by atoms with van der Waals surface area (Å²) in [5.41, 5.74) is 4.46. The van der Waals surface area contributed by atoms with Gasteiger partial charge in [-0.1, -0.05) is 69.0 Å². The number of ketones is 1. The molecule has 0 aliphatic heterocycles. The third-order valence-corrected chi connectivity index (χ3v) is 4.71. The fourth-order valence-corrected chi connectivity index (χ4v) is 3.45. The molecule has 1 heterocycles. The number of hydrogen-bond acceptors (Lipinski definition) is 1. The first kappa shape index (κ1) is 20.6. The molecule has 140 valence electrons.